The van der Waals surface area contributed by atoms with Crippen LogP contribution in [0, 0.1) is 13.8 Å². The second-order valence-corrected chi connectivity index (χ2v) is 6.42. The SMILES string of the molecule is CCC(C(=O)O)n1c(-c2cccs2)nc2cc(C)c(C)cc21. The predicted octanol–water partition coefficient (Wildman–Crippen LogP) is 4.42. The zero-order valence-electron chi connectivity index (χ0n) is 12.8. The molecule has 4 nitrogen and oxygen atoms in total. The largest absolute Gasteiger partial charge is 0.480 e. The highest BCUT2D eigenvalue weighted by molar-refractivity contribution is 7.13. The number of imidazole rings is 1. The van der Waals surface area contributed by atoms with Gasteiger partial charge in [0.1, 0.15) is 6.04 Å². The van der Waals surface area contributed by atoms with E-state index in [1.807, 2.05) is 55.0 Å². The van der Waals surface area contributed by atoms with Gasteiger partial charge in [0.05, 0.1) is 15.9 Å². The Morgan fingerprint density at radius 2 is 2.09 bits per heavy atom. The van der Waals surface area contributed by atoms with E-state index in [1.54, 1.807) is 11.3 Å². The fraction of sp³-hybridized carbons (Fsp3) is 0.294. The Hall–Kier alpha value is -2.14. The van der Waals surface area contributed by atoms with Crippen molar-refractivity contribution in [2.24, 2.45) is 0 Å². The number of carboxylic acid groups (broad SMARTS) is 1. The Bertz CT molecular complexity index is 834. The van der Waals surface area contributed by atoms with Gasteiger partial charge in [0, 0.05) is 0 Å². The quantitative estimate of drug-likeness (QED) is 0.775. The topological polar surface area (TPSA) is 55.1 Å². The van der Waals surface area contributed by atoms with Crippen LogP contribution in [-0.4, -0.2) is 20.6 Å². The third kappa shape index (κ3) is 2.31. The van der Waals surface area contributed by atoms with Crippen molar-refractivity contribution in [2.45, 2.75) is 33.2 Å². The van der Waals surface area contributed by atoms with Crippen LogP contribution in [0.4, 0.5) is 0 Å². The standard InChI is InChI=1S/C17H18N2O2S/c1-4-13(17(20)21)19-14-9-11(3)10(2)8-12(14)18-16(19)15-6-5-7-22-15/h5-9,13H,4H2,1-3H3,(H,20,21). The molecular formula is C17H18N2O2S. The number of hydrogen-bond acceptors (Lipinski definition) is 3. The van der Waals surface area contributed by atoms with Crippen LogP contribution in [-0.2, 0) is 4.79 Å². The third-order valence-corrected chi connectivity index (χ3v) is 4.90. The van der Waals surface area contributed by atoms with Crippen molar-refractivity contribution >= 4 is 28.3 Å². The summed E-state index contributed by atoms with van der Waals surface area (Å²) in [5.74, 6) is -0.0814. The molecule has 0 amide bonds. The van der Waals surface area contributed by atoms with Crippen LogP contribution >= 0.6 is 11.3 Å². The molecule has 3 aromatic rings. The van der Waals surface area contributed by atoms with E-state index in [0.29, 0.717) is 6.42 Å². The van der Waals surface area contributed by atoms with Crippen LogP contribution in [0.3, 0.4) is 0 Å². The van der Waals surface area contributed by atoms with Crippen LogP contribution < -0.4 is 0 Å². The molecule has 2 heterocycles. The van der Waals surface area contributed by atoms with Gasteiger partial charge >= 0.3 is 5.97 Å². The molecule has 1 atom stereocenters. The Morgan fingerprint density at radius 3 is 2.68 bits per heavy atom. The van der Waals surface area contributed by atoms with Crippen LogP contribution in [0.2, 0.25) is 0 Å². The van der Waals surface area contributed by atoms with Crippen molar-refractivity contribution in [2.75, 3.05) is 0 Å². The zero-order chi connectivity index (χ0) is 15.9. The van der Waals surface area contributed by atoms with Crippen LogP contribution in [0.25, 0.3) is 21.7 Å². The third-order valence-electron chi connectivity index (χ3n) is 4.03. The molecule has 3 rings (SSSR count). The van der Waals surface area contributed by atoms with Gasteiger partial charge in [0.15, 0.2) is 5.82 Å². The molecule has 0 aliphatic carbocycles. The first-order valence-corrected chi connectivity index (χ1v) is 8.16. The minimum absolute atomic E-state index is 0.520. The zero-order valence-corrected chi connectivity index (χ0v) is 13.6. The average Bonchev–Trinajstić information content (AvgIpc) is 3.09. The maximum atomic E-state index is 11.7. The highest BCUT2D eigenvalue weighted by atomic mass is 32.1. The molecule has 0 aliphatic rings. The fourth-order valence-corrected chi connectivity index (χ4v) is 3.42. The number of hydrogen-bond donors (Lipinski definition) is 1. The summed E-state index contributed by atoms with van der Waals surface area (Å²) in [5.41, 5.74) is 4.05. The maximum absolute atomic E-state index is 11.7. The molecule has 114 valence electrons. The molecule has 0 saturated heterocycles. The predicted molar refractivity (Wildman–Crippen MR) is 89.5 cm³/mol. The second-order valence-electron chi connectivity index (χ2n) is 5.47. The summed E-state index contributed by atoms with van der Waals surface area (Å²) in [6.45, 7) is 5.98. The van der Waals surface area contributed by atoms with Crippen LogP contribution in [0.1, 0.15) is 30.5 Å². The van der Waals surface area contributed by atoms with Gasteiger partial charge in [-0.15, -0.1) is 11.3 Å². The number of benzene rings is 1. The Labute approximate surface area is 133 Å². The molecule has 0 bridgehead atoms. The molecule has 2 aromatic heterocycles. The number of fused-ring (bicyclic) bond motifs is 1. The normalized spacial score (nSPS) is 12.7. The molecule has 0 fully saturated rings. The number of thiophene rings is 1. The number of carbonyl (C=O) groups is 1. The Morgan fingerprint density at radius 1 is 1.36 bits per heavy atom. The highest BCUT2D eigenvalue weighted by Crippen LogP contribution is 2.33. The monoisotopic (exact) mass is 314 g/mol. The molecule has 0 spiro atoms. The minimum Gasteiger partial charge on any atom is -0.480 e. The molecule has 0 aliphatic heterocycles. The number of aryl methyl sites for hydroxylation is 2. The fourth-order valence-electron chi connectivity index (χ4n) is 2.71. The van der Waals surface area contributed by atoms with E-state index >= 15 is 0 Å². The minimum atomic E-state index is -0.821. The first-order chi connectivity index (χ1) is 10.5. The van der Waals surface area contributed by atoms with Crippen molar-refractivity contribution in [1.82, 2.24) is 9.55 Å². The number of aromatic nitrogens is 2. The van der Waals surface area contributed by atoms with E-state index in [-0.39, 0.29) is 0 Å². The molecule has 0 saturated carbocycles. The van der Waals surface area contributed by atoms with Gasteiger partial charge in [-0.25, -0.2) is 9.78 Å². The highest BCUT2D eigenvalue weighted by Gasteiger charge is 2.25. The van der Waals surface area contributed by atoms with Crippen molar-refractivity contribution in [3.8, 4) is 10.7 Å². The first-order valence-electron chi connectivity index (χ1n) is 7.28. The van der Waals surface area contributed by atoms with E-state index < -0.39 is 12.0 Å². The lowest BCUT2D eigenvalue weighted by Gasteiger charge is -2.16. The molecule has 1 N–H and O–H groups in total. The van der Waals surface area contributed by atoms with Crippen molar-refractivity contribution < 1.29 is 9.90 Å². The van der Waals surface area contributed by atoms with Gasteiger partial charge in [-0.2, -0.15) is 0 Å². The smallest absolute Gasteiger partial charge is 0.326 e. The number of rotatable bonds is 4. The lowest BCUT2D eigenvalue weighted by molar-refractivity contribution is -0.140. The summed E-state index contributed by atoms with van der Waals surface area (Å²) in [7, 11) is 0. The summed E-state index contributed by atoms with van der Waals surface area (Å²) >= 11 is 1.58. The lowest BCUT2D eigenvalue weighted by atomic mass is 10.1. The van der Waals surface area contributed by atoms with Crippen molar-refractivity contribution in [3.05, 3.63) is 40.8 Å². The number of nitrogens with zero attached hydrogens (tertiary/aromatic N) is 2. The van der Waals surface area contributed by atoms with Gasteiger partial charge in [0.25, 0.3) is 0 Å². The van der Waals surface area contributed by atoms with E-state index in [1.165, 1.54) is 5.56 Å². The molecular weight excluding hydrogens is 296 g/mol. The molecule has 0 radical (unpaired) electrons. The van der Waals surface area contributed by atoms with Gasteiger partial charge in [0.2, 0.25) is 0 Å². The van der Waals surface area contributed by atoms with E-state index in [2.05, 4.69) is 0 Å². The van der Waals surface area contributed by atoms with E-state index in [0.717, 1.165) is 27.3 Å². The Balaban J connectivity index is 2.36. The number of aliphatic carboxylic acids is 1. The van der Waals surface area contributed by atoms with Crippen LogP contribution in [0.5, 0.6) is 0 Å². The summed E-state index contributed by atoms with van der Waals surface area (Å²) in [5, 5.41) is 11.6. The first kappa shape index (κ1) is 14.8. The molecule has 5 heteroatoms. The second kappa shape index (κ2) is 5.57. The Kier molecular flexibility index (Phi) is 3.74. The summed E-state index contributed by atoms with van der Waals surface area (Å²) in [6, 6.07) is 7.41. The number of carboxylic acids is 1. The molecule has 22 heavy (non-hydrogen) atoms. The summed E-state index contributed by atoms with van der Waals surface area (Å²) in [6.07, 6.45) is 0.520. The van der Waals surface area contributed by atoms with Crippen LogP contribution in [0.15, 0.2) is 29.6 Å². The van der Waals surface area contributed by atoms with Gasteiger partial charge in [-0.3, -0.25) is 0 Å². The van der Waals surface area contributed by atoms with E-state index in [9.17, 15) is 9.90 Å². The average molecular weight is 314 g/mol. The molecule has 1 aromatic carbocycles. The van der Waals surface area contributed by atoms with Gasteiger partial charge in [-0.1, -0.05) is 13.0 Å². The summed E-state index contributed by atoms with van der Waals surface area (Å²) < 4.78 is 1.87. The van der Waals surface area contributed by atoms with Crippen molar-refractivity contribution in [3.63, 3.8) is 0 Å². The maximum Gasteiger partial charge on any atom is 0.326 e. The lowest BCUT2D eigenvalue weighted by Crippen LogP contribution is -2.19. The van der Waals surface area contributed by atoms with E-state index in [4.69, 9.17) is 4.98 Å². The molecule has 1 unspecified atom stereocenters. The summed E-state index contributed by atoms with van der Waals surface area (Å²) in [4.78, 5) is 17.4. The van der Waals surface area contributed by atoms with Gasteiger partial charge in [-0.05, 0) is 55.0 Å². The van der Waals surface area contributed by atoms with Gasteiger partial charge < -0.3 is 9.67 Å². The van der Waals surface area contributed by atoms with Crippen molar-refractivity contribution in [1.29, 1.82) is 0 Å².